The average molecular weight is 316 g/mol. The number of carbonyl (C=O) groups is 1. The number of benzene rings is 1. The maximum atomic E-state index is 11.4. The highest BCUT2D eigenvalue weighted by Gasteiger charge is 2.08. The van der Waals surface area contributed by atoms with Gasteiger partial charge in [-0.05, 0) is 31.0 Å². The number of halogens is 1. The van der Waals surface area contributed by atoms with Crippen LogP contribution < -0.4 is 14.8 Å². The van der Waals surface area contributed by atoms with Crippen LogP contribution in [0, 0.1) is 0 Å². The summed E-state index contributed by atoms with van der Waals surface area (Å²) in [6.07, 6.45) is 0.756. The largest absolute Gasteiger partial charge is 0.493 e. The van der Waals surface area contributed by atoms with Crippen molar-refractivity contribution in [2.45, 2.75) is 18.2 Å². The van der Waals surface area contributed by atoms with Gasteiger partial charge in [-0.2, -0.15) is 0 Å². The Bertz CT molecular complexity index is 407. The van der Waals surface area contributed by atoms with Crippen molar-refractivity contribution in [1.29, 1.82) is 0 Å². The normalized spacial score (nSPS) is 11.8. The van der Waals surface area contributed by atoms with E-state index in [9.17, 15) is 4.79 Å². The fourth-order valence-corrected chi connectivity index (χ4v) is 1.67. The molecule has 0 aliphatic heterocycles. The first-order chi connectivity index (χ1) is 8.58. The van der Waals surface area contributed by atoms with E-state index in [2.05, 4.69) is 21.2 Å². The molecule has 0 unspecified atom stereocenters. The summed E-state index contributed by atoms with van der Waals surface area (Å²) in [6, 6.07) is 5.75. The molecule has 0 heterocycles. The van der Waals surface area contributed by atoms with Crippen molar-refractivity contribution in [3.8, 4) is 11.5 Å². The van der Waals surface area contributed by atoms with E-state index >= 15 is 0 Å². The van der Waals surface area contributed by atoms with Crippen molar-refractivity contribution in [3.63, 3.8) is 0 Å². The number of hydrogen-bond donors (Lipinski definition) is 1. The second-order valence-electron chi connectivity index (χ2n) is 3.85. The lowest BCUT2D eigenvalue weighted by atomic mass is 10.1. The number of amides is 1. The van der Waals surface area contributed by atoms with E-state index in [1.54, 1.807) is 21.1 Å². The number of carbonyl (C=O) groups excluding carboxylic acids is 1. The molecule has 0 saturated carbocycles. The van der Waals surface area contributed by atoms with Gasteiger partial charge in [-0.15, -0.1) is 0 Å². The van der Waals surface area contributed by atoms with Gasteiger partial charge in [-0.1, -0.05) is 22.0 Å². The molecule has 0 spiro atoms. The average Bonchev–Trinajstić information content (AvgIpc) is 2.38. The van der Waals surface area contributed by atoms with Crippen LogP contribution in [0.25, 0.3) is 0 Å². The van der Waals surface area contributed by atoms with Crippen LogP contribution in [-0.2, 0) is 11.2 Å². The zero-order chi connectivity index (χ0) is 13.5. The standard InChI is InChI=1S/C13H18BrNO3/c1-9(14)13(16)15-7-6-10-4-5-11(17-2)12(8-10)18-3/h4-5,8-9H,6-7H2,1-3H3,(H,15,16)/t9-/m0/s1. The predicted octanol–water partition coefficient (Wildman–Crippen LogP) is 2.15. The number of nitrogens with one attached hydrogen (secondary N) is 1. The third kappa shape index (κ3) is 4.22. The van der Waals surface area contributed by atoms with Crippen LogP contribution in [0.1, 0.15) is 12.5 Å². The molecule has 100 valence electrons. The quantitative estimate of drug-likeness (QED) is 0.818. The Morgan fingerprint density at radius 2 is 2.00 bits per heavy atom. The molecule has 0 bridgehead atoms. The summed E-state index contributed by atoms with van der Waals surface area (Å²) in [5, 5.41) is 2.84. The highest BCUT2D eigenvalue weighted by atomic mass is 79.9. The van der Waals surface area contributed by atoms with Crippen molar-refractivity contribution >= 4 is 21.8 Å². The van der Waals surface area contributed by atoms with Crippen molar-refractivity contribution in [3.05, 3.63) is 23.8 Å². The first kappa shape index (κ1) is 14.8. The zero-order valence-corrected chi connectivity index (χ0v) is 12.4. The molecule has 18 heavy (non-hydrogen) atoms. The lowest BCUT2D eigenvalue weighted by molar-refractivity contribution is -0.120. The molecule has 0 aliphatic carbocycles. The van der Waals surface area contributed by atoms with Crippen LogP contribution in [-0.4, -0.2) is 31.5 Å². The van der Waals surface area contributed by atoms with Crippen LogP contribution in [0.15, 0.2) is 18.2 Å². The van der Waals surface area contributed by atoms with Gasteiger partial charge >= 0.3 is 0 Å². The van der Waals surface area contributed by atoms with Gasteiger partial charge < -0.3 is 14.8 Å². The number of alkyl halides is 1. The number of ether oxygens (including phenoxy) is 2. The Labute approximate surface area is 116 Å². The summed E-state index contributed by atoms with van der Waals surface area (Å²) in [5.74, 6) is 1.41. The minimum absolute atomic E-state index is 0.00419. The van der Waals surface area contributed by atoms with E-state index in [4.69, 9.17) is 9.47 Å². The first-order valence-electron chi connectivity index (χ1n) is 5.71. The van der Waals surface area contributed by atoms with Gasteiger partial charge in [0.05, 0.1) is 19.0 Å². The van der Waals surface area contributed by atoms with Crippen LogP contribution in [0.5, 0.6) is 11.5 Å². The topological polar surface area (TPSA) is 47.6 Å². The van der Waals surface area contributed by atoms with E-state index in [1.807, 2.05) is 18.2 Å². The molecule has 0 saturated heterocycles. The SMILES string of the molecule is COc1ccc(CCNC(=O)[C@H](C)Br)cc1OC. The van der Waals surface area contributed by atoms with Gasteiger partial charge in [0.25, 0.3) is 0 Å². The van der Waals surface area contributed by atoms with Gasteiger partial charge in [0.15, 0.2) is 11.5 Å². The first-order valence-corrected chi connectivity index (χ1v) is 6.62. The summed E-state index contributed by atoms with van der Waals surface area (Å²) >= 11 is 3.22. The fourth-order valence-electron chi connectivity index (χ4n) is 1.51. The highest BCUT2D eigenvalue weighted by molar-refractivity contribution is 9.10. The van der Waals surface area contributed by atoms with Crippen molar-refractivity contribution in [2.75, 3.05) is 20.8 Å². The second kappa shape index (κ2) is 7.26. The molecule has 0 aliphatic rings. The van der Waals surface area contributed by atoms with Crippen molar-refractivity contribution < 1.29 is 14.3 Å². The number of hydrogen-bond acceptors (Lipinski definition) is 3. The van der Waals surface area contributed by atoms with Gasteiger partial charge in [-0.3, -0.25) is 4.79 Å². The van der Waals surface area contributed by atoms with E-state index in [-0.39, 0.29) is 10.7 Å². The minimum atomic E-state index is -0.164. The van der Waals surface area contributed by atoms with Crippen molar-refractivity contribution in [2.24, 2.45) is 0 Å². The molecule has 1 amide bonds. The molecule has 1 rings (SSSR count). The van der Waals surface area contributed by atoms with E-state index in [0.29, 0.717) is 18.0 Å². The molecule has 1 N–H and O–H groups in total. The lowest BCUT2D eigenvalue weighted by Gasteiger charge is -2.10. The van der Waals surface area contributed by atoms with Gasteiger partial charge in [0.1, 0.15) is 0 Å². The molecule has 1 aromatic rings. The van der Waals surface area contributed by atoms with Crippen LogP contribution >= 0.6 is 15.9 Å². The molecule has 0 aromatic heterocycles. The molecule has 4 nitrogen and oxygen atoms in total. The van der Waals surface area contributed by atoms with Crippen LogP contribution in [0.2, 0.25) is 0 Å². The van der Waals surface area contributed by atoms with E-state index in [0.717, 1.165) is 12.0 Å². The summed E-state index contributed by atoms with van der Waals surface area (Å²) in [7, 11) is 3.21. The highest BCUT2D eigenvalue weighted by Crippen LogP contribution is 2.27. The van der Waals surface area contributed by atoms with Crippen LogP contribution in [0.4, 0.5) is 0 Å². The molecule has 1 atom stereocenters. The summed E-state index contributed by atoms with van der Waals surface area (Å²) in [6.45, 7) is 2.40. The van der Waals surface area contributed by atoms with Gasteiger partial charge in [-0.25, -0.2) is 0 Å². The Balaban J connectivity index is 2.55. The molecule has 1 aromatic carbocycles. The zero-order valence-electron chi connectivity index (χ0n) is 10.8. The van der Waals surface area contributed by atoms with Crippen molar-refractivity contribution in [1.82, 2.24) is 5.32 Å². The Morgan fingerprint density at radius 1 is 1.33 bits per heavy atom. The van der Waals surface area contributed by atoms with Gasteiger partial charge in [0, 0.05) is 6.54 Å². The molecule has 0 fully saturated rings. The van der Waals surface area contributed by atoms with E-state index in [1.165, 1.54) is 0 Å². The Kier molecular flexibility index (Phi) is 5.98. The lowest BCUT2D eigenvalue weighted by Crippen LogP contribution is -2.31. The Hall–Kier alpha value is -1.23. The van der Waals surface area contributed by atoms with Crippen LogP contribution in [0.3, 0.4) is 0 Å². The molecular formula is C13H18BrNO3. The number of methoxy groups -OCH3 is 2. The third-order valence-corrected chi connectivity index (χ3v) is 2.94. The second-order valence-corrected chi connectivity index (χ2v) is 5.22. The molecule has 5 heteroatoms. The third-order valence-electron chi connectivity index (χ3n) is 2.52. The number of rotatable bonds is 6. The predicted molar refractivity (Wildman–Crippen MR) is 74.6 cm³/mol. The van der Waals surface area contributed by atoms with E-state index < -0.39 is 0 Å². The summed E-state index contributed by atoms with van der Waals surface area (Å²) < 4.78 is 10.4. The minimum Gasteiger partial charge on any atom is -0.493 e. The maximum absolute atomic E-state index is 11.4. The summed E-state index contributed by atoms with van der Waals surface area (Å²) in [4.78, 5) is 11.2. The smallest absolute Gasteiger partial charge is 0.233 e. The monoisotopic (exact) mass is 315 g/mol. The Morgan fingerprint density at radius 3 is 2.56 bits per heavy atom. The molecular weight excluding hydrogens is 298 g/mol. The summed E-state index contributed by atoms with van der Waals surface area (Å²) in [5.41, 5.74) is 1.09. The molecule has 0 radical (unpaired) electrons. The fraction of sp³-hybridized carbons (Fsp3) is 0.462. The van der Waals surface area contributed by atoms with Gasteiger partial charge in [0.2, 0.25) is 5.91 Å². The maximum Gasteiger partial charge on any atom is 0.233 e.